The van der Waals surface area contributed by atoms with E-state index in [4.69, 9.17) is 5.73 Å². The number of hydrogen-bond donors (Lipinski definition) is 3. The van der Waals surface area contributed by atoms with Crippen LogP contribution in [-0.2, 0) is 4.79 Å². The maximum Gasteiger partial charge on any atom is 0.263 e. The Morgan fingerprint density at radius 2 is 2.42 bits per heavy atom. The van der Waals surface area contributed by atoms with Gasteiger partial charge in [0.25, 0.3) is 5.91 Å². The molecule has 1 fully saturated rings. The Hall–Kier alpha value is -2.22. The molecule has 4 N–H and O–H groups in total. The summed E-state index contributed by atoms with van der Waals surface area (Å²) in [5.74, 6) is -0.331. The fourth-order valence-electron chi connectivity index (χ4n) is 2.00. The molecule has 0 saturated carbocycles. The maximum atomic E-state index is 12.1. The maximum absolute atomic E-state index is 12.1. The van der Waals surface area contributed by atoms with Gasteiger partial charge in [-0.05, 0) is 6.07 Å². The lowest BCUT2D eigenvalue weighted by Crippen LogP contribution is -2.36. The Bertz CT molecular complexity index is 668. The number of rotatable bonds is 2. The minimum Gasteiger partial charge on any atom is -0.397 e. The minimum atomic E-state index is -0.276. The summed E-state index contributed by atoms with van der Waals surface area (Å²) >= 11 is 1.20. The average molecular weight is 277 g/mol. The lowest BCUT2D eigenvalue weighted by molar-refractivity contribution is -0.119. The SMILES string of the molecule is Nc1c(C(=O)NC2CNC(=O)C2)sc2nnccc12. The third-order valence-electron chi connectivity index (χ3n) is 2.94. The van der Waals surface area contributed by atoms with Crippen LogP contribution >= 0.6 is 11.3 Å². The molecule has 0 aliphatic carbocycles. The van der Waals surface area contributed by atoms with Crippen LogP contribution in [0.25, 0.3) is 10.2 Å². The number of carbonyl (C=O) groups is 2. The van der Waals surface area contributed by atoms with Gasteiger partial charge in [-0.25, -0.2) is 0 Å². The van der Waals surface area contributed by atoms with Gasteiger partial charge in [0, 0.05) is 18.4 Å². The molecule has 1 aliphatic rings. The van der Waals surface area contributed by atoms with Crippen molar-refractivity contribution in [1.29, 1.82) is 0 Å². The molecule has 2 aromatic heterocycles. The Morgan fingerprint density at radius 1 is 1.58 bits per heavy atom. The van der Waals surface area contributed by atoms with E-state index in [2.05, 4.69) is 20.8 Å². The van der Waals surface area contributed by atoms with Gasteiger partial charge in [-0.1, -0.05) is 0 Å². The van der Waals surface area contributed by atoms with Gasteiger partial charge >= 0.3 is 0 Å². The number of aromatic nitrogens is 2. The molecule has 8 heteroatoms. The van der Waals surface area contributed by atoms with Crippen molar-refractivity contribution in [1.82, 2.24) is 20.8 Å². The number of anilines is 1. The summed E-state index contributed by atoms with van der Waals surface area (Å²) in [6.45, 7) is 0.454. The number of nitrogens with two attached hydrogens (primary N) is 1. The molecule has 0 radical (unpaired) electrons. The second-order valence-corrected chi connectivity index (χ2v) is 5.27. The van der Waals surface area contributed by atoms with E-state index in [0.717, 1.165) is 5.39 Å². The van der Waals surface area contributed by atoms with E-state index in [9.17, 15) is 9.59 Å². The van der Waals surface area contributed by atoms with Crippen molar-refractivity contribution < 1.29 is 9.59 Å². The third-order valence-corrected chi connectivity index (χ3v) is 4.04. The van der Waals surface area contributed by atoms with Gasteiger partial charge in [0.05, 0.1) is 17.9 Å². The number of nitrogen functional groups attached to an aromatic ring is 1. The van der Waals surface area contributed by atoms with Crippen molar-refractivity contribution in [2.24, 2.45) is 0 Å². The largest absolute Gasteiger partial charge is 0.397 e. The van der Waals surface area contributed by atoms with Crippen molar-refractivity contribution in [2.75, 3.05) is 12.3 Å². The smallest absolute Gasteiger partial charge is 0.263 e. The summed E-state index contributed by atoms with van der Waals surface area (Å²) in [5, 5.41) is 13.9. The van der Waals surface area contributed by atoms with Crippen molar-refractivity contribution in [3.05, 3.63) is 17.1 Å². The molecule has 19 heavy (non-hydrogen) atoms. The summed E-state index contributed by atoms with van der Waals surface area (Å²) in [6, 6.07) is 1.54. The van der Waals surface area contributed by atoms with Crippen molar-refractivity contribution in [3.63, 3.8) is 0 Å². The number of hydrogen-bond acceptors (Lipinski definition) is 6. The lowest BCUT2D eigenvalue weighted by atomic mass is 10.2. The molecule has 1 saturated heterocycles. The van der Waals surface area contributed by atoms with Gasteiger partial charge in [-0.15, -0.1) is 16.4 Å². The molecule has 7 nitrogen and oxygen atoms in total. The molecule has 2 aromatic rings. The van der Waals surface area contributed by atoms with E-state index < -0.39 is 0 Å². The van der Waals surface area contributed by atoms with Gasteiger partial charge < -0.3 is 16.4 Å². The number of nitrogens with zero attached hydrogens (tertiary/aromatic N) is 2. The Labute approximate surface area is 112 Å². The van der Waals surface area contributed by atoms with E-state index in [1.165, 1.54) is 17.5 Å². The van der Waals surface area contributed by atoms with E-state index in [-0.39, 0.29) is 17.9 Å². The number of carbonyl (C=O) groups excluding carboxylic acids is 2. The first kappa shape index (κ1) is 11.8. The van der Waals surface area contributed by atoms with Crippen LogP contribution in [0.2, 0.25) is 0 Å². The topological polar surface area (TPSA) is 110 Å². The van der Waals surface area contributed by atoms with Crippen LogP contribution in [0, 0.1) is 0 Å². The van der Waals surface area contributed by atoms with Crippen molar-refractivity contribution >= 4 is 39.1 Å². The monoisotopic (exact) mass is 277 g/mol. The lowest BCUT2D eigenvalue weighted by Gasteiger charge is -2.09. The quantitative estimate of drug-likeness (QED) is 0.709. The molecule has 0 spiro atoms. The molecule has 1 aliphatic heterocycles. The van der Waals surface area contributed by atoms with Crippen LogP contribution in [0.1, 0.15) is 16.1 Å². The molecule has 1 atom stereocenters. The molecule has 98 valence electrons. The number of fused-ring (bicyclic) bond motifs is 1. The van der Waals surface area contributed by atoms with Gasteiger partial charge in [0.2, 0.25) is 5.91 Å². The fraction of sp³-hybridized carbons (Fsp3) is 0.273. The minimum absolute atomic E-state index is 0.0551. The molecule has 1 unspecified atom stereocenters. The zero-order valence-electron chi connectivity index (χ0n) is 9.84. The van der Waals surface area contributed by atoms with Gasteiger partial charge in [-0.2, -0.15) is 5.10 Å². The predicted octanol–water partition coefficient (Wildman–Crippen LogP) is -0.108. The zero-order chi connectivity index (χ0) is 13.4. The second kappa shape index (κ2) is 4.47. The molecule has 3 rings (SSSR count). The predicted molar refractivity (Wildman–Crippen MR) is 70.7 cm³/mol. The Kier molecular flexibility index (Phi) is 2.79. The summed E-state index contributed by atoms with van der Waals surface area (Å²) in [4.78, 5) is 24.2. The van der Waals surface area contributed by atoms with Gasteiger partial charge in [-0.3, -0.25) is 9.59 Å². The van der Waals surface area contributed by atoms with Crippen LogP contribution in [-0.4, -0.2) is 34.6 Å². The molecular weight excluding hydrogens is 266 g/mol. The summed E-state index contributed by atoms with van der Waals surface area (Å²) in [6.07, 6.45) is 1.84. The average Bonchev–Trinajstić information content (AvgIpc) is 2.94. The van der Waals surface area contributed by atoms with Crippen LogP contribution < -0.4 is 16.4 Å². The standard InChI is InChI=1S/C11H11N5O2S/c12-8-6-1-2-14-16-11(6)19-9(8)10(18)15-5-3-7(17)13-4-5/h1-2,5H,3-4,12H2,(H,13,17)(H,15,18). The third kappa shape index (κ3) is 2.10. The van der Waals surface area contributed by atoms with E-state index >= 15 is 0 Å². The van der Waals surface area contributed by atoms with Crippen LogP contribution in [0.15, 0.2) is 12.3 Å². The molecule has 0 bridgehead atoms. The molecule has 0 aromatic carbocycles. The number of thiophene rings is 1. The summed E-state index contributed by atoms with van der Waals surface area (Å²) in [5.41, 5.74) is 6.35. The molecule has 2 amide bonds. The highest BCUT2D eigenvalue weighted by atomic mass is 32.1. The summed E-state index contributed by atoms with van der Waals surface area (Å²) < 4.78 is 0. The van der Waals surface area contributed by atoms with E-state index in [1.54, 1.807) is 6.07 Å². The first-order valence-corrected chi connectivity index (χ1v) is 6.54. The highest BCUT2D eigenvalue weighted by Crippen LogP contribution is 2.31. The van der Waals surface area contributed by atoms with Crippen molar-refractivity contribution in [3.8, 4) is 0 Å². The van der Waals surface area contributed by atoms with E-state index in [1.807, 2.05) is 0 Å². The first-order chi connectivity index (χ1) is 9.15. The second-order valence-electron chi connectivity index (χ2n) is 4.27. The first-order valence-electron chi connectivity index (χ1n) is 5.72. The van der Waals surface area contributed by atoms with Gasteiger partial charge in [0.1, 0.15) is 9.71 Å². The normalized spacial score (nSPS) is 18.5. The Balaban J connectivity index is 1.85. The fourth-order valence-corrected chi connectivity index (χ4v) is 2.94. The van der Waals surface area contributed by atoms with Crippen LogP contribution in [0.3, 0.4) is 0 Å². The molecule has 3 heterocycles. The van der Waals surface area contributed by atoms with Crippen molar-refractivity contribution in [2.45, 2.75) is 12.5 Å². The molecular formula is C11H11N5O2S. The van der Waals surface area contributed by atoms with Gasteiger partial charge in [0.15, 0.2) is 0 Å². The highest BCUT2D eigenvalue weighted by molar-refractivity contribution is 7.21. The number of amides is 2. The highest BCUT2D eigenvalue weighted by Gasteiger charge is 2.25. The number of nitrogens with one attached hydrogen (secondary N) is 2. The zero-order valence-corrected chi connectivity index (χ0v) is 10.7. The summed E-state index contributed by atoms with van der Waals surface area (Å²) in [7, 11) is 0. The van der Waals surface area contributed by atoms with Crippen LogP contribution in [0.4, 0.5) is 5.69 Å². The van der Waals surface area contributed by atoms with Crippen LogP contribution in [0.5, 0.6) is 0 Å². The van der Waals surface area contributed by atoms with E-state index in [0.29, 0.717) is 28.4 Å². The Morgan fingerprint density at radius 3 is 3.11 bits per heavy atom.